The molecular weight excluding hydrogens is 288 g/mol. The zero-order valence-corrected chi connectivity index (χ0v) is 12.3. The van der Waals surface area contributed by atoms with E-state index in [0.29, 0.717) is 22.5 Å². The number of anilines is 1. The summed E-state index contributed by atoms with van der Waals surface area (Å²) in [6, 6.07) is 12.5. The number of carbonyl (C=O) groups is 1. The highest BCUT2D eigenvalue weighted by Crippen LogP contribution is 2.22. The van der Waals surface area contributed by atoms with Crippen molar-refractivity contribution in [3.05, 3.63) is 58.2 Å². The summed E-state index contributed by atoms with van der Waals surface area (Å²) in [5.74, 6) is 0.0215. The van der Waals surface area contributed by atoms with E-state index in [2.05, 4.69) is 16.5 Å². The number of nitrogens with zero attached hydrogens (tertiary/aromatic N) is 3. The highest BCUT2D eigenvalue weighted by Gasteiger charge is 2.15. The number of benzene rings is 1. The molecule has 1 N–H and O–H groups in total. The maximum Gasteiger partial charge on any atom is 0.269 e. The van der Waals surface area contributed by atoms with Crippen LogP contribution in [-0.4, -0.2) is 17.9 Å². The molecule has 1 aromatic heterocycles. The SMILES string of the molecule is Cc1cc(Cl)nc(N(C)NC(=O)c2ccccc2)c1C#N. The third-order valence-electron chi connectivity index (χ3n) is 2.90. The van der Waals surface area contributed by atoms with E-state index in [1.54, 1.807) is 44.3 Å². The number of halogens is 1. The summed E-state index contributed by atoms with van der Waals surface area (Å²) in [6.45, 7) is 1.77. The van der Waals surface area contributed by atoms with Crippen LogP contribution in [0.1, 0.15) is 21.5 Å². The Morgan fingerprint density at radius 3 is 2.67 bits per heavy atom. The number of rotatable bonds is 3. The van der Waals surface area contributed by atoms with E-state index >= 15 is 0 Å². The summed E-state index contributed by atoms with van der Waals surface area (Å²) in [6.07, 6.45) is 0. The number of aromatic nitrogens is 1. The Balaban J connectivity index is 2.27. The first-order valence-electron chi connectivity index (χ1n) is 6.20. The fourth-order valence-corrected chi connectivity index (χ4v) is 2.10. The average Bonchev–Trinajstić information content (AvgIpc) is 2.47. The van der Waals surface area contributed by atoms with Gasteiger partial charge in [0.1, 0.15) is 11.2 Å². The Hall–Kier alpha value is -2.58. The lowest BCUT2D eigenvalue weighted by Crippen LogP contribution is -2.40. The van der Waals surface area contributed by atoms with Crippen LogP contribution >= 0.6 is 11.6 Å². The molecule has 0 aliphatic rings. The van der Waals surface area contributed by atoms with Gasteiger partial charge in [-0.1, -0.05) is 29.8 Å². The lowest BCUT2D eigenvalue weighted by molar-refractivity contribution is 0.0951. The smallest absolute Gasteiger partial charge is 0.269 e. The minimum Gasteiger partial charge on any atom is -0.270 e. The van der Waals surface area contributed by atoms with E-state index in [9.17, 15) is 10.1 Å². The fourth-order valence-electron chi connectivity index (χ4n) is 1.86. The van der Waals surface area contributed by atoms with Crippen molar-refractivity contribution in [1.82, 2.24) is 10.4 Å². The summed E-state index contributed by atoms with van der Waals surface area (Å²) in [7, 11) is 1.61. The highest BCUT2D eigenvalue weighted by atomic mass is 35.5. The molecule has 1 aromatic carbocycles. The molecule has 0 saturated heterocycles. The van der Waals surface area contributed by atoms with Crippen LogP contribution in [0, 0.1) is 18.3 Å². The Kier molecular flexibility index (Phi) is 4.41. The maximum atomic E-state index is 12.1. The van der Waals surface area contributed by atoms with E-state index in [4.69, 9.17) is 11.6 Å². The number of hydrogen-bond donors (Lipinski definition) is 1. The second-order valence-corrected chi connectivity index (χ2v) is 4.83. The van der Waals surface area contributed by atoms with Gasteiger partial charge in [0, 0.05) is 12.6 Å². The maximum absolute atomic E-state index is 12.1. The molecule has 2 aromatic rings. The lowest BCUT2D eigenvalue weighted by Gasteiger charge is -2.21. The number of amides is 1. The van der Waals surface area contributed by atoms with Gasteiger partial charge in [0.15, 0.2) is 5.82 Å². The molecule has 0 fully saturated rings. The topological polar surface area (TPSA) is 69.0 Å². The third-order valence-corrected chi connectivity index (χ3v) is 3.09. The molecule has 21 heavy (non-hydrogen) atoms. The molecule has 1 amide bonds. The van der Waals surface area contributed by atoms with Crippen molar-refractivity contribution in [2.45, 2.75) is 6.92 Å². The van der Waals surface area contributed by atoms with Gasteiger partial charge < -0.3 is 0 Å². The van der Waals surface area contributed by atoms with Gasteiger partial charge in [-0.2, -0.15) is 5.26 Å². The number of hydrogen-bond acceptors (Lipinski definition) is 4. The molecule has 0 aliphatic heterocycles. The number of hydrazine groups is 1. The number of nitriles is 1. The molecule has 106 valence electrons. The van der Waals surface area contributed by atoms with Crippen molar-refractivity contribution >= 4 is 23.3 Å². The van der Waals surface area contributed by atoms with Crippen LogP contribution in [0.15, 0.2) is 36.4 Å². The Bertz CT molecular complexity index is 710. The number of nitrogens with one attached hydrogen (secondary N) is 1. The fraction of sp³-hybridized carbons (Fsp3) is 0.133. The van der Waals surface area contributed by atoms with Gasteiger partial charge in [0.2, 0.25) is 0 Å². The van der Waals surface area contributed by atoms with Crippen LogP contribution in [0.5, 0.6) is 0 Å². The molecule has 0 spiro atoms. The number of carbonyl (C=O) groups excluding carboxylic acids is 1. The van der Waals surface area contributed by atoms with Crippen molar-refractivity contribution in [1.29, 1.82) is 5.26 Å². The molecule has 6 heteroatoms. The summed E-state index contributed by atoms with van der Waals surface area (Å²) in [4.78, 5) is 16.2. The lowest BCUT2D eigenvalue weighted by atomic mass is 10.1. The Morgan fingerprint density at radius 1 is 1.38 bits per heavy atom. The van der Waals surface area contributed by atoms with Crippen LogP contribution in [0.4, 0.5) is 5.82 Å². The van der Waals surface area contributed by atoms with Crippen molar-refractivity contribution in [3.8, 4) is 6.07 Å². The van der Waals surface area contributed by atoms with E-state index in [1.807, 2.05) is 6.07 Å². The molecule has 0 radical (unpaired) electrons. The molecule has 0 atom stereocenters. The van der Waals surface area contributed by atoms with Gasteiger partial charge in [-0.25, -0.2) is 4.98 Å². The summed E-state index contributed by atoms with van der Waals surface area (Å²) < 4.78 is 0. The van der Waals surface area contributed by atoms with Gasteiger partial charge in [-0.3, -0.25) is 15.2 Å². The summed E-state index contributed by atoms with van der Waals surface area (Å²) >= 11 is 5.92. The van der Waals surface area contributed by atoms with Crippen LogP contribution in [0.2, 0.25) is 5.15 Å². The van der Waals surface area contributed by atoms with E-state index in [-0.39, 0.29) is 11.1 Å². The van der Waals surface area contributed by atoms with Gasteiger partial charge in [0.05, 0.1) is 5.56 Å². The predicted octanol–water partition coefficient (Wildman–Crippen LogP) is 2.70. The molecule has 2 rings (SSSR count). The summed E-state index contributed by atoms with van der Waals surface area (Å²) in [5, 5.41) is 10.9. The van der Waals surface area contributed by atoms with Crippen LogP contribution in [-0.2, 0) is 0 Å². The first kappa shape index (κ1) is 14.8. The van der Waals surface area contributed by atoms with Crippen molar-refractivity contribution in [2.75, 3.05) is 12.1 Å². The minimum absolute atomic E-state index is 0.266. The molecule has 1 heterocycles. The zero-order valence-electron chi connectivity index (χ0n) is 11.6. The second kappa shape index (κ2) is 6.25. The zero-order chi connectivity index (χ0) is 15.4. The van der Waals surface area contributed by atoms with Crippen LogP contribution in [0.25, 0.3) is 0 Å². The monoisotopic (exact) mass is 300 g/mol. The molecule has 0 saturated carbocycles. The molecular formula is C15H13ClN4O. The summed E-state index contributed by atoms with van der Waals surface area (Å²) in [5.41, 5.74) is 4.25. The minimum atomic E-state index is -0.290. The van der Waals surface area contributed by atoms with Gasteiger partial charge in [0.25, 0.3) is 5.91 Å². The largest absolute Gasteiger partial charge is 0.270 e. The average molecular weight is 301 g/mol. The first-order chi connectivity index (χ1) is 10.0. The van der Waals surface area contributed by atoms with E-state index in [1.165, 1.54) is 5.01 Å². The highest BCUT2D eigenvalue weighted by molar-refractivity contribution is 6.29. The first-order valence-corrected chi connectivity index (χ1v) is 6.57. The number of aryl methyl sites for hydroxylation is 1. The third kappa shape index (κ3) is 3.30. The quantitative estimate of drug-likeness (QED) is 0.699. The Morgan fingerprint density at radius 2 is 2.05 bits per heavy atom. The van der Waals surface area contributed by atoms with E-state index in [0.717, 1.165) is 0 Å². The second-order valence-electron chi connectivity index (χ2n) is 4.44. The molecule has 5 nitrogen and oxygen atoms in total. The van der Waals surface area contributed by atoms with Crippen LogP contribution < -0.4 is 10.4 Å². The van der Waals surface area contributed by atoms with Gasteiger partial charge in [-0.15, -0.1) is 0 Å². The Labute approximate surface area is 127 Å². The molecule has 0 bridgehead atoms. The predicted molar refractivity (Wildman–Crippen MR) is 81.0 cm³/mol. The van der Waals surface area contributed by atoms with Crippen molar-refractivity contribution < 1.29 is 4.79 Å². The van der Waals surface area contributed by atoms with Crippen LogP contribution in [0.3, 0.4) is 0 Å². The normalized spacial score (nSPS) is 9.81. The van der Waals surface area contributed by atoms with Gasteiger partial charge in [-0.05, 0) is 30.7 Å². The molecule has 0 aliphatic carbocycles. The van der Waals surface area contributed by atoms with Crippen molar-refractivity contribution in [2.24, 2.45) is 0 Å². The van der Waals surface area contributed by atoms with Gasteiger partial charge >= 0.3 is 0 Å². The van der Waals surface area contributed by atoms with Crippen molar-refractivity contribution in [3.63, 3.8) is 0 Å². The van der Waals surface area contributed by atoms with E-state index < -0.39 is 0 Å². The standard InChI is InChI=1S/C15H13ClN4O/c1-10-8-13(16)18-14(12(10)9-17)20(2)19-15(21)11-6-4-3-5-7-11/h3-8H,1-2H3,(H,19,21). The number of pyridine rings is 1. The molecule has 0 unspecified atom stereocenters.